The Hall–Kier alpha value is -1.61. The van der Waals surface area contributed by atoms with Gasteiger partial charge in [0.15, 0.2) is 0 Å². The van der Waals surface area contributed by atoms with Gasteiger partial charge in [0.2, 0.25) is 0 Å². The molecule has 136 valence electrons. The number of hydrogen-bond donors (Lipinski definition) is 2. The molecule has 1 saturated heterocycles. The first-order chi connectivity index (χ1) is 11.6. The second kappa shape index (κ2) is 6.28. The van der Waals surface area contributed by atoms with Gasteiger partial charge in [-0.05, 0) is 69.6 Å². The fraction of sp³-hybridized carbons (Fsp3) is 0.591. The van der Waals surface area contributed by atoms with Gasteiger partial charge in [-0.2, -0.15) is 0 Å². The van der Waals surface area contributed by atoms with E-state index in [9.17, 15) is 9.90 Å². The second-order valence-corrected chi connectivity index (χ2v) is 9.11. The molecule has 2 unspecified atom stereocenters. The molecule has 1 aliphatic carbocycles. The van der Waals surface area contributed by atoms with Crippen LogP contribution in [0.25, 0.3) is 6.08 Å². The summed E-state index contributed by atoms with van der Waals surface area (Å²) < 4.78 is 0. The van der Waals surface area contributed by atoms with Gasteiger partial charge in [0.05, 0.1) is 5.92 Å². The van der Waals surface area contributed by atoms with Crippen LogP contribution in [-0.2, 0) is 4.79 Å². The molecule has 0 aromatic heterocycles. The predicted octanol–water partition coefficient (Wildman–Crippen LogP) is 4.83. The van der Waals surface area contributed by atoms with Crippen molar-refractivity contribution in [1.29, 1.82) is 0 Å². The lowest BCUT2D eigenvalue weighted by Gasteiger charge is -2.48. The highest BCUT2D eigenvalue weighted by Gasteiger charge is 2.45. The summed E-state index contributed by atoms with van der Waals surface area (Å²) in [6.07, 6.45) is 4.88. The molecule has 1 aromatic carbocycles. The van der Waals surface area contributed by atoms with Crippen molar-refractivity contribution in [3.05, 3.63) is 41.0 Å². The number of hydrogen-bond acceptors (Lipinski definition) is 2. The first-order valence-electron chi connectivity index (χ1n) is 9.46. The van der Waals surface area contributed by atoms with Crippen molar-refractivity contribution in [2.45, 2.75) is 70.9 Å². The van der Waals surface area contributed by atoms with Crippen molar-refractivity contribution in [2.24, 2.45) is 11.8 Å². The van der Waals surface area contributed by atoms with Crippen molar-refractivity contribution in [3.63, 3.8) is 0 Å². The summed E-state index contributed by atoms with van der Waals surface area (Å²) in [5, 5.41) is 13.8. The van der Waals surface area contributed by atoms with E-state index in [1.54, 1.807) is 0 Å². The molecule has 2 aliphatic rings. The number of nitrogens with one attached hydrogen (secondary N) is 1. The molecule has 0 amide bonds. The van der Waals surface area contributed by atoms with E-state index < -0.39 is 11.9 Å². The molecule has 25 heavy (non-hydrogen) atoms. The first-order valence-corrected chi connectivity index (χ1v) is 9.46. The van der Waals surface area contributed by atoms with Gasteiger partial charge in [-0.1, -0.05) is 37.3 Å². The van der Waals surface area contributed by atoms with Gasteiger partial charge >= 0.3 is 5.97 Å². The van der Waals surface area contributed by atoms with Crippen molar-refractivity contribution >= 4 is 12.0 Å². The zero-order valence-corrected chi connectivity index (χ0v) is 16.1. The van der Waals surface area contributed by atoms with Crippen LogP contribution in [0.15, 0.2) is 29.8 Å². The molecule has 3 heteroatoms. The number of carboxylic acids is 1. The molecule has 1 heterocycles. The lowest BCUT2D eigenvalue weighted by Crippen LogP contribution is -2.59. The Balaban J connectivity index is 1.99. The van der Waals surface area contributed by atoms with E-state index in [1.807, 2.05) is 6.07 Å². The van der Waals surface area contributed by atoms with Crippen LogP contribution >= 0.6 is 0 Å². The van der Waals surface area contributed by atoms with Gasteiger partial charge in [0.25, 0.3) is 0 Å². The zero-order chi connectivity index (χ0) is 18.4. The van der Waals surface area contributed by atoms with Crippen LogP contribution in [0.2, 0.25) is 0 Å². The van der Waals surface area contributed by atoms with E-state index in [0.717, 1.165) is 24.8 Å². The van der Waals surface area contributed by atoms with Crippen LogP contribution in [0, 0.1) is 11.8 Å². The molecule has 0 spiro atoms. The van der Waals surface area contributed by atoms with Crippen LogP contribution < -0.4 is 5.32 Å². The molecular formula is C22H31NO2. The Labute approximate surface area is 151 Å². The minimum Gasteiger partial charge on any atom is -0.481 e. The maximum Gasteiger partial charge on any atom is 0.310 e. The Kier molecular flexibility index (Phi) is 4.57. The molecule has 1 aliphatic heterocycles. The second-order valence-electron chi connectivity index (χ2n) is 9.11. The largest absolute Gasteiger partial charge is 0.481 e. The average molecular weight is 341 g/mol. The summed E-state index contributed by atoms with van der Waals surface area (Å²) >= 11 is 0. The van der Waals surface area contributed by atoms with Crippen molar-refractivity contribution in [3.8, 4) is 0 Å². The predicted molar refractivity (Wildman–Crippen MR) is 103 cm³/mol. The summed E-state index contributed by atoms with van der Waals surface area (Å²) in [7, 11) is 0. The summed E-state index contributed by atoms with van der Waals surface area (Å²) in [5.41, 5.74) is 3.50. The molecule has 0 saturated carbocycles. The van der Waals surface area contributed by atoms with Gasteiger partial charge in [-0.25, -0.2) is 0 Å². The smallest absolute Gasteiger partial charge is 0.310 e. The standard InChI is InChI=1S/C22H31NO2/c1-6-16-17-10-8-7-9-14(17)11-18(16)19(20(24)25)15-12-21(2,3)23-22(4,5)13-15/h7-11,15-16,19,23H,6,12-13H2,1-5H3,(H,24,25). The minimum atomic E-state index is -0.670. The SMILES string of the molecule is CCC1C(C(C(=O)O)C2CC(C)(C)NC(C)(C)C2)=Cc2ccccc21. The number of carbonyl (C=O) groups is 1. The normalized spacial score (nSPS) is 26.0. The number of carboxylic acid groups (broad SMARTS) is 1. The van der Waals surface area contributed by atoms with Gasteiger partial charge in [-0.15, -0.1) is 0 Å². The summed E-state index contributed by atoms with van der Waals surface area (Å²) in [5.74, 6) is -0.689. The lowest BCUT2D eigenvalue weighted by atomic mass is 9.67. The van der Waals surface area contributed by atoms with Crippen LogP contribution in [-0.4, -0.2) is 22.2 Å². The van der Waals surface area contributed by atoms with E-state index in [-0.39, 0.29) is 22.9 Å². The summed E-state index contributed by atoms with van der Waals surface area (Å²) in [6, 6.07) is 8.37. The molecule has 1 fully saturated rings. The molecular weight excluding hydrogens is 310 g/mol. The van der Waals surface area contributed by atoms with E-state index in [4.69, 9.17) is 0 Å². The number of aliphatic carboxylic acids is 1. The maximum atomic E-state index is 12.4. The lowest BCUT2D eigenvalue weighted by molar-refractivity contribution is -0.143. The first kappa shape index (κ1) is 18.2. The topological polar surface area (TPSA) is 49.3 Å². The minimum absolute atomic E-state index is 0.0478. The highest BCUT2D eigenvalue weighted by atomic mass is 16.4. The molecule has 2 N–H and O–H groups in total. The number of rotatable bonds is 4. The average Bonchev–Trinajstić information content (AvgIpc) is 2.81. The van der Waals surface area contributed by atoms with Crippen molar-refractivity contribution in [2.75, 3.05) is 0 Å². The Morgan fingerprint density at radius 3 is 2.36 bits per heavy atom. The highest BCUT2D eigenvalue weighted by molar-refractivity contribution is 5.80. The fourth-order valence-electron chi connectivity index (χ4n) is 5.43. The third-order valence-corrected chi connectivity index (χ3v) is 5.82. The zero-order valence-electron chi connectivity index (χ0n) is 16.1. The summed E-state index contributed by atoms with van der Waals surface area (Å²) in [6.45, 7) is 10.9. The molecule has 0 bridgehead atoms. The summed E-state index contributed by atoms with van der Waals surface area (Å²) in [4.78, 5) is 12.4. The van der Waals surface area contributed by atoms with E-state index >= 15 is 0 Å². The van der Waals surface area contributed by atoms with Crippen LogP contribution in [0.4, 0.5) is 0 Å². The highest BCUT2D eigenvalue weighted by Crippen LogP contribution is 2.48. The third-order valence-electron chi connectivity index (χ3n) is 5.82. The Morgan fingerprint density at radius 2 is 1.80 bits per heavy atom. The molecule has 3 nitrogen and oxygen atoms in total. The quantitative estimate of drug-likeness (QED) is 0.824. The van der Waals surface area contributed by atoms with Crippen molar-refractivity contribution < 1.29 is 9.90 Å². The molecule has 0 radical (unpaired) electrons. The molecule has 2 atom stereocenters. The number of fused-ring (bicyclic) bond motifs is 1. The Morgan fingerprint density at radius 1 is 1.20 bits per heavy atom. The number of benzene rings is 1. The maximum absolute atomic E-state index is 12.4. The molecule has 3 rings (SSSR count). The van der Waals surface area contributed by atoms with Crippen LogP contribution in [0.1, 0.15) is 70.9 Å². The van der Waals surface area contributed by atoms with E-state index in [0.29, 0.717) is 0 Å². The van der Waals surface area contributed by atoms with Gasteiger partial charge in [-0.3, -0.25) is 4.79 Å². The Bertz CT molecular complexity index is 686. The van der Waals surface area contributed by atoms with Gasteiger partial charge < -0.3 is 10.4 Å². The van der Waals surface area contributed by atoms with E-state index in [1.165, 1.54) is 11.1 Å². The van der Waals surface area contributed by atoms with Crippen LogP contribution in [0.5, 0.6) is 0 Å². The van der Waals surface area contributed by atoms with E-state index in [2.05, 4.69) is 64.2 Å². The third kappa shape index (κ3) is 3.52. The van der Waals surface area contributed by atoms with Gasteiger partial charge in [0.1, 0.15) is 0 Å². The number of piperidine rings is 1. The molecule has 1 aromatic rings. The van der Waals surface area contributed by atoms with Crippen LogP contribution in [0.3, 0.4) is 0 Å². The van der Waals surface area contributed by atoms with Crippen molar-refractivity contribution in [1.82, 2.24) is 5.32 Å². The van der Waals surface area contributed by atoms with Gasteiger partial charge in [0, 0.05) is 17.0 Å². The fourth-order valence-corrected chi connectivity index (χ4v) is 5.43. The monoisotopic (exact) mass is 341 g/mol.